The van der Waals surface area contributed by atoms with Crippen LogP contribution < -0.4 is 0 Å². The van der Waals surface area contributed by atoms with Crippen LogP contribution in [0.3, 0.4) is 0 Å². The molecule has 1 aliphatic rings. The summed E-state index contributed by atoms with van der Waals surface area (Å²) in [6, 6.07) is -1.72. The van der Waals surface area contributed by atoms with Crippen molar-refractivity contribution >= 4 is 12.1 Å². The quantitative estimate of drug-likeness (QED) is 0.697. The van der Waals surface area contributed by atoms with Gasteiger partial charge in [-0.05, 0) is 0 Å². The summed E-state index contributed by atoms with van der Waals surface area (Å²) in [5.74, 6) is -4.89. The summed E-state index contributed by atoms with van der Waals surface area (Å²) in [7, 11) is 0. The van der Waals surface area contributed by atoms with Gasteiger partial charge in [-0.25, -0.2) is 18.4 Å². The third kappa shape index (κ3) is 1.51. The van der Waals surface area contributed by atoms with Crippen LogP contribution in [-0.4, -0.2) is 45.7 Å². The Bertz CT molecular complexity index is 316. The van der Waals surface area contributed by atoms with Crippen LogP contribution in [-0.2, 0) is 4.79 Å². The number of hydrogen-bond donors (Lipinski definition) is 2. The maximum absolute atomic E-state index is 13.4. The number of rotatable bonds is 1. The number of carboxylic acids is 1. The highest BCUT2D eigenvalue weighted by Crippen LogP contribution is 2.47. The van der Waals surface area contributed by atoms with Gasteiger partial charge in [0.15, 0.2) is 0 Å². The van der Waals surface area contributed by atoms with Crippen molar-refractivity contribution in [2.75, 3.05) is 6.54 Å². The fourth-order valence-corrected chi connectivity index (χ4v) is 1.72. The third-order valence-corrected chi connectivity index (χ3v) is 2.79. The molecule has 5 nitrogen and oxygen atoms in total. The van der Waals surface area contributed by atoms with Crippen LogP contribution in [0.4, 0.5) is 13.6 Å². The lowest BCUT2D eigenvalue weighted by molar-refractivity contribution is -0.148. The summed E-state index contributed by atoms with van der Waals surface area (Å²) >= 11 is 0. The first-order chi connectivity index (χ1) is 6.61. The molecular weight excluding hydrogens is 212 g/mol. The first kappa shape index (κ1) is 11.7. The highest BCUT2D eigenvalue weighted by Gasteiger charge is 2.64. The highest BCUT2D eigenvalue weighted by molar-refractivity contribution is 5.81. The molecule has 0 aromatic heterocycles. The van der Waals surface area contributed by atoms with Crippen LogP contribution in [0.5, 0.6) is 0 Å². The topological polar surface area (TPSA) is 77.8 Å². The molecule has 0 bridgehead atoms. The fraction of sp³-hybridized carbons (Fsp3) is 0.750. The molecule has 2 N–H and O–H groups in total. The van der Waals surface area contributed by atoms with E-state index in [1.54, 1.807) is 0 Å². The molecular formula is C8H11F2NO4. The molecule has 1 atom stereocenters. The first-order valence-corrected chi connectivity index (χ1v) is 4.21. The fourth-order valence-electron chi connectivity index (χ4n) is 1.72. The maximum Gasteiger partial charge on any atom is 0.408 e. The van der Waals surface area contributed by atoms with Crippen molar-refractivity contribution in [2.24, 2.45) is 5.41 Å². The van der Waals surface area contributed by atoms with Gasteiger partial charge in [0.25, 0.3) is 5.92 Å². The van der Waals surface area contributed by atoms with Gasteiger partial charge < -0.3 is 10.2 Å². The van der Waals surface area contributed by atoms with E-state index >= 15 is 0 Å². The second-order valence-corrected chi connectivity index (χ2v) is 4.08. The summed E-state index contributed by atoms with van der Waals surface area (Å²) in [6.07, 6.45) is -1.65. The molecule has 0 spiro atoms. The predicted octanol–water partition coefficient (Wildman–Crippen LogP) is 1.09. The van der Waals surface area contributed by atoms with Crippen molar-refractivity contribution in [1.82, 2.24) is 4.90 Å². The molecule has 1 saturated heterocycles. The number of carboxylic acid groups (broad SMARTS) is 2. The van der Waals surface area contributed by atoms with Crippen molar-refractivity contribution in [3.8, 4) is 0 Å². The van der Waals surface area contributed by atoms with Gasteiger partial charge in [0, 0.05) is 0 Å². The summed E-state index contributed by atoms with van der Waals surface area (Å²) in [5.41, 5.74) is -1.91. The van der Waals surface area contributed by atoms with Crippen molar-refractivity contribution in [3.63, 3.8) is 0 Å². The van der Waals surface area contributed by atoms with Crippen molar-refractivity contribution in [1.29, 1.82) is 0 Å². The molecule has 0 aromatic carbocycles. The van der Waals surface area contributed by atoms with E-state index in [1.165, 1.54) is 0 Å². The summed E-state index contributed by atoms with van der Waals surface area (Å²) in [4.78, 5) is 21.7. The van der Waals surface area contributed by atoms with Crippen molar-refractivity contribution < 1.29 is 28.6 Å². The molecule has 7 heteroatoms. The van der Waals surface area contributed by atoms with Gasteiger partial charge in [-0.1, -0.05) is 13.8 Å². The van der Waals surface area contributed by atoms with Gasteiger partial charge in [-0.2, -0.15) is 0 Å². The van der Waals surface area contributed by atoms with E-state index in [0.717, 1.165) is 13.8 Å². The molecule has 86 valence electrons. The first-order valence-electron chi connectivity index (χ1n) is 4.21. The Morgan fingerprint density at radius 1 is 1.33 bits per heavy atom. The zero-order chi connectivity index (χ0) is 12.0. The number of alkyl halides is 2. The van der Waals surface area contributed by atoms with Gasteiger partial charge in [0.05, 0.1) is 12.0 Å². The Labute approximate surface area is 84.3 Å². The number of likely N-dealkylation sites (tertiary alicyclic amines) is 1. The van der Waals surface area contributed by atoms with Crippen LogP contribution in [0, 0.1) is 5.41 Å². The van der Waals surface area contributed by atoms with E-state index in [9.17, 15) is 18.4 Å². The predicted molar refractivity (Wildman–Crippen MR) is 44.9 cm³/mol. The Kier molecular flexibility index (Phi) is 2.37. The molecule has 1 fully saturated rings. The molecule has 1 rings (SSSR count). The van der Waals surface area contributed by atoms with Crippen LogP contribution in [0.2, 0.25) is 0 Å². The minimum atomic E-state index is -3.34. The van der Waals surface area contributed by atoms with E-state index in [2.05, 4.69) is 0 Å². The standard InChI is InChI=1S/C8H11F2NO4/c1-7(2)4(5(12)13)11(6(14)15)3-8(7,9)10/h4H,3H2,1-2H3,(H,12,13)(H,14,15)/t4-/m1/s1. The van der Waals surface area contributed by atoms with E-state index < -0.39 is 36.0 Å². The minimum Gasteiger partial charge on any atom is -0.480 e. The molecule has 1 amide bonds. The Balaban J connectivity index is 3.18. The van der Waals surface area contributed by atoms with Gasteiger partial charge in [-0.15, -0.1) is 0 Å². The average Bonchev–Trinajstić information content (AvgIpc) is 2.18. The summed E-state index contributed by atoms with van der Waals surface area (Å²) < 4.78 is 26.7. The molecule has 15 heavy (non-hydrogen) atoms. The minimum absolute atomic E-state index is 0.266. The van der Waals surface area contributed by atoms with Crippen LogP contribution >= 0.6 is 0 Å². The number of carbonyl (C=O) groups is 2. The number of halogens is 2. The van der Waals surface area contributed by atoms with Crippen LogP contribution in [0.1, 0.15) is 13.8 Å². The van der Waals surface area contributed by atoms with Crippen LogP contribution in [0.15, 0.2) is 0 Å². The second-order valence-electron chi connectivity index (χ2n) is 4.08. The molecule has 0 saturated carbocycles. The monoisotopic (exact) mass is 223 g/mol. The second kappa shape index (κ2) is 3.04. The van der Waals surface area contributed by atoms with E-state index in [0.29, 0.717) is 0 Å². The molecule has 0 aromatic rings. The Hall–Kier alpha value is -1.40. The van der Waals surface area contributed by atoms with Gasteiger partial charge in [0.2, 0.25) is 0 Å². The van der Waals surface area contributed by atoms with E-state index in [-0.39, 0.29) is 4.90 Å². The normalized spacial score (nSPS) is 27.7. The number of aliphatic carboxylic acids is 1. The lowest BCUT2D eigenvalue weighted by Gasteiger charge is -2.29. The SMILES string of the molecule is CC1(C)[C@@H](C(=O)O)N(C(=O)O)CC1(F)F. The molecule has 0 aliphatic carbocycles. The van der Waals surface area contributed by atoms with E-state index in [4.69, 9.17) is 10.2 Å². The molecule has 1 heterocycles. The number of amides is 1. The molecule has 0 radical (unpaired) electrons. The largest absolute Gasteiger partial charge is 0.480 e. The zero-order valence-corrected chi connectivity index (χ0v) is 8.20. The number of hydrogen-bond acceptors (Lipinski definition) is 2. The third-order valence-electron chi connectivity index (χ3n) is 2.79. The Morgan fingerprint density at radius 2 is 1.80 bits per heavy atom. The average molecular weight is 223 g/mol. The van der Waals surface area contributed by atoms with Gasteiger partial charge in [-0.3, -0.25) is 4.90 Å². The lowest BCUT2D eigenvalue weighted by Crippen LogP contribution is -2.47. The molecule has 0 unspecified atom stereocenters. The summed E-state index contributed by atoms with van der Waals surface area (Å²) in [6.45, 7) is 1.02. The molecule has 1 aliphatic heterocycles. The Morgan fingerprint density at radius 3 is 2.07 bits per heavy atom. The lowest BCUT2D eigenvalue weighted by atomic mass is 9.82. The van der Waals surface area contributed by atoms with Crippen molar-refractivity contribution in [3.05, 3.63) is 0 Å². The summed E-state index contributed by atoms with van der Waals surface area (Å²) in [5, 5.41) is 17.4. The zero-order valence-electron chi connectivity index (χ0n) is 8.20. The number of nitrogens with zero attached hydrogens (tertiary/aromatic N) is 1. The van der Waals surface area contributed by atoms with Crippen LogP contribution in [0.25, 0.3) is 0 Å². The van der Waals surface area contributed by atoms with Crippen molar-refractivity contribution in [2.45, 2.75) is 25.8 Å². The van der Waals surface area contributed by atoms with Gasteiger partial charge in [0.1, 0.15) is 6.04 Å². The highest BCUT2D eigenvalue weighted by atomic mass is 19.3. The van der Waals surface area contributed by atoms with E-state index in [1.807, 2.05) is 0 Å². The maximum atomic E-state index is 13.4. The smallest absolute Gasteiger partial charge is 0.408 e. The van der Waals surface area contributed by atoms with Gasteiger partial charge >= 0.3 is 12.1 Å².